The van der Waals surface area contributed by atoms with Crippen LogP contribution in [0.25, 0.3) is 0 Å². The van der Waals surface area contributed by atoms with Gasteiger partial charge in [-0.1, -0.05) is 0 Å². The van der Waals surface area contributed by atoms with Gasteiger partial charge in [0.05, 0.1) is 6.10 Å². The molecule has 0 spiro atoms. The highest BCUT2D eigenvalue weighted by atomic mass is 16.3. The predicted octanol–water partition coefficient (Wildman–Crippen LogP) is 0.393. The van der Waals surface area contributed by atoms with Crippen molar-refractivity contribution in [3.8, 4) is 0 Å². The van der Waals surface area contributed by atoms with Gasteiger partial charge in [0.25, 0.3) is 0 Å². The minimum Gasteiger partial charge on any atom is -0.233 e. The topological polar surface area (TPSA) is 19.9 Å². The second kappa shape index (κ2) is 0.462. The molecule has 0 aromatic rings. The van der Waals surface area contributed by atoms with E-state index in [1.54, 1.807) is 6.42 Å². The SMILES string of the molecule is [O]C1[CH]C1. The third kappa shape index (κ3) is 0.206. The van der Waals surface area contributed by atoms with E-state index in [1.807, 2.05) is 0 Å². The highest BCUT2D eigenvalue weighted by Crippen LogP contribution is 2.16. The molecule has 1 aliphatic rings. The fraction of sp³-hybridized carbons (Fsp3) is 0.667. The number of hydrogen-bond acceptors (Lipinski definition) is 0. The Kier molecular flexibility index (Phi) is 0.256. The molecule has 0 saturated heterocycles. The summed E-state index contributed by atoms with van der Waals surface area (Å²) in [4.78, 5) is 0. The Morgan fingerprint density at radius 3 is 2.25 bits per heavy atom. The van der Waals surface area contributed by atoms with Crippen molar-refractivity contribution in [1.82, 2.24) is 0 Å². The Morgan fingerprint density at radius 1 is 2.00 bits per heavy atom. The average molecular weight is 56.1 g/mol. The predicted molar refractivity (Wildman–Crippen MR) is 13.4 cm³/mol. The zero-order chi connectivity index (χ0) is 2.99. The molecule has 1 saturated carbocycles. The summed E-state index contributed by atoms with van der Waals surface area (Å²) in [6.45, 7) is 0. The van der Waals surface area contributed by atoms with Crippen LogP contribution in [0.15, 0.2) is 0 Å². The zero-order valence-corrected chi connectivity index (χ0v) is 2.27. The van der Waals surface area contributed by atoms with Gasteiger partial charge in [-0.05, 0) is 12.8 Å². The average Bonchev–Trinajstić information content (AvgIpc) is 1.75. The van der Waals surface area contributed by atoms with Crippen LogP contribution in [0.3, 0.4) is 0 Å². The minimum absolute atomic E-state index is 0.292. The molecule has 0 bridgehead atoms. The first-order valence-electron chi connectivity index (χ1n) is 1.39. The molecule has 0 aliphatic heterocycles. The van der Waals surface area contributed by atoms with Crippen LogP contribution in [0.2, 0.25) is 0 Å². The van der Waals surface area contributed by atoms with Crippen molar-refractivity contribution >= 4 is 0 Å². The fourth-order valence-electron chi connectivity index (χ4n) is 0.0556. The highest BCUT2D eigenvalue weighted by Gasteiger charge is 2.18. The van der Waals surface area contributed by atoms with E-state index in [-0.39, 0.29) is 6.10 Å². The summed E-state index contributed by atoms with van der Waals surface area (Å²) in [7, 11) is 0. The van der Waals surface area contributed by atoms with Crippen LogP contribution < -0.4 is 0 Å². The van der Waals surface area contributed by atoms with E-state index in [0.29, 0.717) is 0 Å². The van der Waals surface area contributed by atoms with Crippen molar-refractivity contribution in [3.63, 3.8) is 0 Å². The van der Waals surface area contributed by atoms with E-state index in [2.05, 4.69) is 0 Å². The molecule has 1 rings (SSSR count). The van der Waals surface area contributed by atoms with E-state index >= 15 is 0 Å². The first-order valence-corrected chi connectivity index (χ1v) is 1.39. The molecule has 1 fully saturated rings. The lowest BCUT2D eigenvalue weighted by Gasteiger charge is -1.50. The molecule has 0 aromatic heterocycles. The molecule has 1 aliphatic carbocycles. The van der Waals surface area contributed by atoms with Crippen LogP contribution in [0, 0.1) is 6.42 Å². The Morgan fingerprint density at radius 2 is 2.25 bits per heavy atom. The highest BCUT2D eigenvalue weighted by molar-refractivity contribution is 4.93. The third-order valence-corrected chi connectivity index (χ3v) is 0.428. The van der Waals surface area contributed by atoms with E-state index in [1.165, 1.54) is 0 Å². The van der Waals surface area contributed by atoms with Gasteiger partial charge in [-0.25, -0.2) is 5.11 Å². The quantitative estimate of drug-likeness (QED) is 0.382. The lowest BCUT2D eigenvalue weighted by molar-refractivity contribution is 0.185. The monoisotopic (exact) mass is 56.0 g/mol. The Balaban J connectivity index is 2.17. The van der Waals surface area contributed by atoms with Crippen molar-refractivity contribution < 1.29 is 5.11 Å². The van der Waals surface area contributed by atoms with Gasteiger partial charge in [0, 0.05) is 0 Å². The molecule has 1 unspecified atom stereocenters. The normalized spacial score (nSPS) is 26.2. The first kappa shape index (κ1) is 2.21. The van der Waals surface area contributed by atoms with Crippen LogP contribution in [-0.2, 0) is 5.11 Å². The first-order chi connectivity index (χ1) is 1.89. The summed E-state index contributed by atoms with van der Waals surface area (Å²) in [6.07, 6.45) is 2.25. The van der Waals surface area contributed by atoms with Gasteiger partial charge in [-0.3, -0.25) is 0 Å². The van der Waals surface area contributed by atoms with E-state index < -0.39 is 0 Å². The Hall–Kier alpha value is -0.0400. The summed E-state index contributed by atoms with van der Waals surface area (Å²) in [5.74, 6) is 0. The molecule has 4 heavy (non-hydrogen) atoms. The second-order valence-electron chi connectivity index (χ2n) is 1.01. The molecule has 1 nitrogen and oxygen atoms in total. The van der Waals surface area contributed by atoms with Gasteiger partial charge >= 0.3 is 0 Å². The summed E-state index contributed by atoms with van der Waals surface area (Å²) in [5, 5.41) is 9.58. The molecule has 0 heterocycles. The molecule has 1 atom stereocenters. The Labute approximate surface area is 25.3 Å². The zero-order valence-electron chi connectivity index (χ0n) is 2.27. The molecule has 1 heteroatoms. The second-order valence-corrected chi connectivity index (χ2v) is 1.01. The Bertz CT molecular complexity index is 22.5. The van der Waals surface area contributed by atoms with Gasteiger partial charge in [0.1, 0.15) is 0 Å². The standard InChI is InChI=1S/C3H4O/c4-3-1-2-3/h1,3H,2H2. The number of hydrogen-bond donors (Lipinski definition) is 0. The third-order valence-electron chi connectivity index (χ3n) is 0.428. The lowest BCUT2D eigenvalue weighted by atomic mass is 10.9. The van der Waals surface area contributed by atoms with Gasteiger partial charge < -0.3 is 0 Å². The van der Waals surface area contributed by atoms with Crippen LogP contribution in [0.5, 0.6) is 0 Å². The summed E-state index contributed by atoms with van der Waals surface area (Å²) in [5.41, 5.74) is 0. The van der Waals surface area contributed by atoms with E-state index in [9.17, 15) is 5.11 Å². The summed E-state index contributed by atoms with van der Waals surface area (Å²) < 4.78 is 0. The molecule has 0 amide bonds. The van der Waals surface area contributed by atoms with Crippen LogP contribution in [0.1, 0.15) is 6.42 Å². The molecule has 0 N–H and O–H groups in total. The van der Waals surface area contributed by atoms with Crippen molar-refractivity contribution in [2.45, 2.75) is 12.5 Å². The smallest absolute Gasteiger partial charge is 0.0966 e. The van der Waals surface area contributed by atoms with Gasteiger partial charge in [0.2, 0.25) is 0 Å². The maximum absolute atomic E-state index is 9.58. The fourth-order valence-corrected chi connectivity index (χ4v) is 0.0556. The summed E-state index contributed by atoms with van der Waals surface area (Å²) >= 11 is 0. The minimum atomic E-state index is -0.292. The van der Waals surface area contributed by atoms with E-state index in [4.69, 9.17) is 0 Å². The molecule has 2 radical (unpaired) electrons. The van der Waals surface area contributed by atoms with Gasteiger partial charge in [-0.2, -0.15) is 0 Å². The lowest BCUT2D eigenvalue weighted by Crippen LogP contribution is -1.61. The van der Waals surface area contributed by atoms with Gasteiger partial charge in [0.15, 0.2) is 0 Å². The van der Waals surface area contributed by atoms with Gasteiger partial charge in [-0.15, -0.1) is 0 Å². The molecule has 0 aromatic carbocycles. The van der Waals surface area contributed by atoms with Crippen LogP contribution >= 0.6 is 0 Å². The van der Waals surface area contributed by atoms with Crippen molar-refractivity contribution in [3.05, 3.63) is 6.42 Å². The van der Waals surface area contributed by atoms with Crippen molar-refractivity contribution in [2.75, 3.05) is 0 Å². The maximum atomic E-state index is 9.58. The summed E-state index contributed by atoms with van der Waals surface area (Å²) in [6, 6.07) is 0. The largest absolute Gasteiger partial charge is 0.233 e. The van der Waals surface area contributed by atoms with Crippen molar-refractivity contribution in [1.29, 1.82) is 0 Å². The van der Waals surface area contributed by atoms with Crippen LogP contribution in [-0.4, -0.2) is 6.10 Å². The van der Waals surface area contributed by atoms with Crippen molar-refractivity contribution in [2.24, 2.45) is 0 Å². The maximum Gasteiger partial charge on any atom is 0.0966 e. The molecular weight excluding hydrogens is 52.0 g/mol. The number of rotatable bonds is 0. The molecular formula is C3H4O. The van der Waals surface area contributed by atoms with Crippen LogP contribution in [0.4, 0.5) is 0 Å². The molecule has 22 valence electrons. The van der Waals surface area contributed by atoms with E-state index in [0.717, 1.165) is 6.42 Å².